The summed E-state index contributed by atoms with van der Waals surface area (Å²) in [5.74, 6) is 0.910. The van der Waals surface area contributed by atoms with Crippen LogP contribution in [0.25, 0.3) is 10.6 Å². The van der Waals surface area contributed by atoms with Crippen molar-refractivity contribution in [2.24, 2.45) is 0 Å². The van der Waals surface area contributed by atoms with Gasteiger partial charge in [0.15, 0.2) is 0 Å². The van der Waals surface area contributed by atoms with Gasteiger partial charge >= 0.3 is 0 Å². The molecule has 112 valence electrons. The molecular weight excluding hydrogens is 280 g/mol. The number of hydrogen-bond donors (Lipinski definition) is 1. The lowest BCUT2D eigenvalue weighted by molar-refractivity contribution is 0.416. The van der Waals surface area contributed by atoms with Crippen molar-refractivity contribution in [2.45, 2.75) is 45.7 Å². The predicted octanol–water partition coefficient (Wildman–Crippen LogP) is 3.94. The minimum absolute atomic E-state index is 0.731. The first-order valence-corrected chi connectivity index (χ1v) is 8.40. The number of nitrogens with one attached hydrogen (secondary N) is 1. The molecule has 1 N–H and O–H groups in total. The van der Waals surface area contributed by atoms with Gasteiger partial charge in [-0.15, -0.1) is 11.3 Å². The van der Waals surface area contributed by atoms with Crippen LogP contribution in [0.5, 0.6) is 5.75 Å². The fraction of sp³-hybridized carbons (Fsp3) is 0.471. The van der Waals surface area contributed by atoms with E-state index in [9.17, 15) is 0 Å². The van der Waals surface area contributed by atoms with Crippen LogP contribution in [-0.2, 0) is 13.0 Å². The third kappa shape index (κ3) is 3.27. The molecule has 0 amide bonds. The summed E-state index contributed by atoms with van der Waals surface area (Å²) in [4.78, 5) is 6.20. The molecule has 1 aromatic carbocycles. The summed E-state index contributed by atoms with van der Waals surface area (Å²) in [6.45, 7) is 5.20. The first-order valence-electron chi connectivity index (χ1n) is 7.58. The number of ether oxygens (including phenoxy) is 1. The molecule has 3 rings (SSSR count). The zero-order valence-corrected chi connectivity index (χ0v) is 13.7. The minimum Gasteiger partial charge on any atom is -0.496 e. The number of benzene rings is 1. The van der Waals surface area contributed by atoms with Gasteiger partial charge in [-0.25, -0.2) is 4.98 Å². The molecule has 0 unspecified atom stereocenters. The number of hydrogen-bond acceptors (Lipinski definition) is 4. The van der Waals surface area contributed by atoms with Crippen molar-refractivity contribution in [2.75, 3.05) is 7.11 Å². The normalized spacial score (nSPS) is 14.4. The highest BCUT2D eigenvalue weighted by Crippen LogP contribution is 2.35. The fourth-order valence-corrected chi connectivity index (χ4v) is 3.54. The highest BCUT2D eigenvalue weighted by molar-refractivity contribution is 7.15. The third-order valence-corrected chi connectivity index (χ3v) is 4.96. The summed E-state index contributed by atoms with van der Waals surface area (Å²) < 4.78 is 5.52. The summed E-state index contributed by atoms with van der Waals surface area (Å²) in [5, 5.41) is 4.66. The number of rotatable bonds is 6. The first-order chi connectivity index (χ1) is 10.2. The molecule has 0 saturated heterocycles. The monoisotopic (exact) mass is 302 g/mol. The van der Waals surface area contributed by atoms with Crippen LogP contribution in [0.3, 0.4) is 0 Å². The van der Waals surface area contributed by atoms with Gasteiger partial charge in [0.2, 0.25) is 0 Å². The van der Waals surface area contributed by atoms with Crippen molar-refractivity contribution in [1.29, 1.82) is 0 Å². The number of methoxy groups -OCH3 is 1. The topological polar surface area (TPSA) is 34.1 Å². The van der Waals surface area contributed by atoms with E-state index in [4.69, 9.17) is 9.72 Å². The molecule has 3 nitrogen and oxygen atoms in total. The van der Waals surface area contributed by atoms with Crippen LogP contribution in [0.15, 0.2) is 18.2 Å². The molecule has 0 aliphatic heterocycles. The Bertz CT molecular complexity index is 632. The van der Waals surface area contributed by atoms with E-state index in [0.717, 1.165) is 35.3 Å². The SMILES string of the molecule is CCc1nc(-c2ccc(C)cc2OC)sc1CNC1CC1. The van der Waals surface area contributed by atoms with Crippen LogP contribution in [-0.4, -0.2) is 18.1 Å². The molecule has 0 radical (unpaired) electrons. The average Bonchev–Trinajstić information content (AvgIpc) is 3.24. The summed E-state index contributed by atoms with van der Waals surface area (Å²) in [5.41, 5.74) is 3.52. The van der Waals surface area contributed by atoms with Crippen molar-refractivity contribution >= 4 is 11.3 Å². The predicted molar refractivity (Wildman–Crippen MR) is 88.1 cm³/mol. The minimum atomic E-state index is 0.731. The lowest BCUT2D eigenvalue weighted by atomic mass is 10.1. The van der Waals surface area contributed by atoms with E-state index >= 15 is 0 Å². The number of thiazole rings is 1. The van der Waals surface area contributed by atoms with Gasteiger partial charge in [-0.2, -0.15) is 0 Å². The summed E-state index contributed by atoms with van der Waals surface area (Å²) in [6, 6.07) is 7.04. The highest BCUT2D eigenvalue weighted by atomic mass is 32.1. The Balaban J connectivity index is 1.90. The fourth-order valence-electron chi connectivity index (χ4n) is 2.41. The van der Waals surface area contributed by atoms with Crippen LogP contribution < -0.4 is 10.1 Å². The van der Waals surface area contributed by atoms with Gasteiger partial charge in [0.05, 0.1) is 18.4 Å². The Morgan fingerprint density at radius 2 is 2.19 bits per heavy atom. The highest BCUT2D eigenvalue weighted by Gasteiger charge is 2.22. The van der Waals surface area contributed by atoms with Gasteiger partial charge in [-0.1, -0.05) is 13.0 Å². The lowest BCUT2D eigenvalue weighted by Gasteiger charge is -2.06. The Hall–Kier alpha value is -1.39. The van der Waals surface area contributed by atoms with Crippen LogP contribution in [0.4, 0.5) is 0 Å². The molecular formula is C17H22N2OS. The van der Waals surface area contributed by atoms with Gasteiger partial charge in [-0.3, -0.25) is 0 Å². The number of aromatic nitrogens is 1. The Morgan fingerprint density at radius 3 is 2.86 bits per heavy atom. The molecule has 21 heavy (non-hydrogen) atoms. The van der Waals surface area contributed by atoms with E-state index in [1.807, 2.05) is 0 Å². The van der Waals surface area contributed by atoms with Crippen molar-refractivity contribution in [3.05, 3.63) is 34.3 Å². The Kier molecular flexibility index (Phi) is 4.27. The second-order valence-electron chi connectivity index (χ2n) is 5.60. The summed E-state index contributed by atoms with van der Waals surface area (Å²) in [6.07, 6.45) is 3.62. The number of nitrogens with zero attached hydrogens (tertiary/aromatic N) is 1. The quantitative estimate of drug-likeness (QED) is 0.877. The molecule has 0 bridgehead atoms. The summed E-state index contributed by atoms with van der Waals surface area (Å²) >= 11 is 1.79. The van der Waals surface area contributed by atoms with Crippen LogP contribution in [0.1, 0.15) is 35.9 Å². The lowest BCUT2D eigenvalue weighted by Crippen LogP contribution is -2.15. The second kappa shape index (κ2) is 6.16. The Morgan fingerprint density at radius 1 is 1.38 bits per heavy atom. The van der Waals surface area contributed by atoms with E-state index in [2.05, 4.69) is 37.4 Å². The van der Waals surface area contributed by atoms with Crippen molar-refractivity contribution < 1.29 is 4.74 Å². The van der Waals surface area contributed by atoms with E-state index in [1.165, 1.54) is 29.0 Å². The van der Waals surface area contributed by atoms with Crippen molar-refractivity contribution in [3.8, 4) is 16.3 Å². The number of aryl methyl sites for hydroxylation is 2. The van der Waals surface area contributed by atoms with E-state index in [1.54, 1.807) is 18.4 Å². The summed E-state index contributed by atoms with van der Waals surface area (Å²) in [7, 11) is 1.72. The first kappa shape index (κ1) is 14.5. The molecule has 0 spiro atoms. The van der Waals surface area contributed by atoms with Gasteiger partial charge in [0.25, 0.3) is 0 Å². The second-order valence-corrected chi connectivity index (χ2v) is 6.68. The van der Waals surface area contributed by atoms with Crippen LogP contribution in [0, 0.1) is 6.92 Å². The standard InChI is InChI=1S/C17H22N2OS/c1-4-14-16(10-18-12-6-7-12)21-17(19-14)13-8-5-11(2)9-15(13)20-3/h5,8-9,12,18H,4,6-7,10H2,1-3H3. The van der Waals surface area contributed by atoms with Gasteiger partial charge in [0, 0.05) is 17.5 Å². The van der Waals surface area contributed by atoms with Crippen molar-refractivity contribution in [3.63, 3.8) is 0 Å². The third-order valence-electron chi connectivity index (χ3n) is 3.83. The zero-order valence-electron chi connectivity index (χ0n) is 12.9. The Labute approximate surface area is 130 Å². The maximum Gasteiger partial charge on any atom is 0.129 e. The van der Waals surface area contributed by atoms with Crippen molar-refractivity contribution in [1.82, 2.24) is 10.3 Å². The molecule has 1 saturated carbocycles. The smallest absolute Gasteiger partial charge is 0.129 e. The van der Waals surface area contributed by atoms with Gasteiger partial charge in [-0.05, 0) is 43.9 Å². The average molecular weight is 302 g/mol. The van der Waals surface area contributed by atoms with E-state index in [-0.39, 0.29) is 0 Å². The van der Waals surface area contributed by atoms with E-state index < -0.39 is 0 Å². The zero-order chi connectivity index (χ0) is 14.8. The van der Waals surface area contributed by atoms with Gasteiger partial charge < -0.3 is 10.1 Å². The molecule has 1 aliphatic rings. The van der Waals surface area contributed by atoms with Crippen LogP contribution in [0.2, 0.25) is 0 Å². The maximum absolute atomic E-state index is 5.52. The molecule has 1 heterocycles. The van der Waals surface area contributed by atoms with E-state index in [0.29, 0.717) is 0 Å². The maximum atomic E-state index is 5.52. The molecule has 4 heteroatoms. The molecule has 2 aromatic rings. The molecule has 1 aliphatic carbocycles. The molecule has 1 aromatic heterocycles. The molecule has 0 atom stereocenters. The van der Waals surface area contributed by atoms with Gasteiger partial charge in [0.1, 0.15) is 10.8 Å². The largest absolute Gasteiger partial charge is 0.496 e. The van der Waals surface area contributed by atoms with Crippen LogP contribution >= 0.6 is 11.3 Å². The molecule has 1 fully saturated rings.